The van der Waals surface area contributed by atoms with Gasteiger partial charge in [0.25, 0.3) is 5.91 Å². The van der Waals surface area contributed by atoms with Crippen molar-refractivity contribution in [1.82, 2.24) is 14.7 Å². The standard InChI is InChI=1S/C25H27F3N4O5/c1-31-22(8-9-29-31)21-16-18(2-7-23(21)35-15-12-32-10-13-34-14-11-32)30-24(33)17-36-19-3-5-20(6-4-19)37-25(26,27)28/h2-9,16H,10-15,17H2,1H3,(H,30,33). The number of morpholine rings is 1. The zero-order valence-corrected chi connectivity index (χ0v) is 20.2. The fourth-order valence-corrected chi connectivity index (χ4v) is 3.76. The van der Waals surface area contributed by atoms with Gasteiger partial charge in [-0.25, -0.2) is 0 Å². The first kappa shape index (κ1) is 26.3. The zero-order chi connectivity index (χ0) is 26.3. The van der Waals surface area contributed by atoms with Gasteiger partial charge >= 0.3 is 6.36 Å². The van der Waals surface area contributed by atoms with Crippen molar-refractivity contribution in [3.8, 4) is 28.5 Å². The van der Waals surface area contributed by atoms with Gasteiger partial charge < -0.3 is 24.3 Å². The largest absolute Gasteiger partial charge is 0.573 e. The highest BCUT2D eigenvalue weighted by molar-refractivity contribution is 5.93. The summed E-state index contributed by atoms with van der Waals surface area (Å²) >= 11 is 0. The first-order valence-corrected chi connectivity index (χ1v) is 11.6. The minimum atomic E-state index is -4.78. The van der Waals surface area contributed by atoms with Gasteiger partial charge in [-0.15, -0.1) is 13.2 Å². The molecule has 0 unspecified atom stereocenters. The van der Waals surface area contributed by atoms with Gasteiger partial charge in [-0.2, -0.15) is 5.10 Å². The van der Waals surface area contributed by atoms with Crippen molar-refractivity contribution < 1.29 is 36.9 Å². The maximum Gasteiger partial charge on any atom is 0.573 e. The number of aromatic nitrogens is 2. The summed E-state index contributed by atoms with van der Waals surface area (Å²) in [6.07, 6.45) is -3.10. The number of hydrogen-bond acceptors (Lipinski definition) is 7. The van der Waals surface area contributed by atoms with Crippen molar-refractivity contribution in [3.05, 3.63) is 54.7 Å². The van der Waals surface area contributed by atoms with E-state index in [0.29, 0.717) is 18.0 Å². The van der Waals surface area contributed by atoms with Gasteiger partial charge in [0.2, 0.25) is 0 Å². The van der Waals surface area contributed by atoms with Crippen molar-refractivity contribution in [2.45, 2.75) is 6.36 Å². The molecule has 12 heteroatoms. The summed E-state index contributed by atoms with van der Waals surface area (Å²) in [5.74, 6) is 0.0725. The molecule has 0 saturated carbocycles. The smallest absolute Gasteiger partial charge is 0.492 e. The van der Waals surface area contributed by atoms with E-state index in [1.54, 1.807) is 29.1 Å². The van der Waals surface area contributed by atoms with Crippen molar-refractivity contribution in [2.24, 2.45) is 7.05 Å². The van der Waals surface area contributed by atoms with Crippen molar-refractivity contribution in [3.63, 3.8) is 0 Å². The lowest BCUT2D eigenvalue weighted by molar-refractivity contribution is -0.274. The summed E-state index contributed by atoms with van der Waals surface area (Å²) in [4.78, 5) is 14.7. The first-order valence-electron chi connectivity index (χ1n) is 11.6. The number of anilines is 1. The van der Waals surface area contributed by atoms with Crippen LogP contribution >= 0.6 is 0 Å². The molecule has 0 spiro atoms. The van der Waals surface area contributed by atoms with Crippen LogP contribution < -0.4 is 19.5 Å². The third-order valence-electron chi connectivity index (χ3n) is 5.56. The SMILES string of the molecule is Cn1nccc1-c1cc(NC(=O)COc2ccc(OC(F)(F)F)cc2)ccc1OCCN1CCOCC1. The van der Waals surface area contributed by atoms with E-state index >= 15 is 0 Å². The Morgan fingerprint density at radius 1 is 1.05 bits per heavy atom. The van der Waals surface area contributed by atoms with E-state index in [9.17, 15) is 18.0 Å². The number of ether oxygens (including phenoxy) is 4. The maximum absolute atomic E-state index is 12.5. The molecule has 1 aliphatic rings. The predicted octanol–water partition coefficient (Wildman–Crippen LogP) is 3.71. The summed E-state index contributed by atoms with van der Waals surface area (Å²) in [7, 11) is 1.82. The van der Waals surface area contributed by atoms with Crippen molar-refractivity contribution >= 4 is 11.6 Å². The van der Waals surface area contributed by atoms with Gasteiger partial charge in [0.15, 0.2) is 6.61 Å². The normalized spacial score (nSPS) is 14.3. The average molecular weight is 521 g/mol. The van der Waals surface area contributed by atoms with Crippen LogP contribution in [-0.4, -0.2) is 73.0 Å². The second kappa shape index (κ2) is 12.0. The second-order valence-corrected chi connectivity index (χ2v) is 8.21. The molecule has 0 radical (unpaired) electrons. The fraction of sp³-hybridized carbons (Fsp3) is 0.360. The molecule has 2 heterocycles. The molecule has 2 aromatic carbocycles. The highest BCUT2D eigenvalue weighted by Crippen LogP contribution is 2.32. The number of carbonyl (C=O) groups is 1. The zero-order valence-electron chi connectivity index (χ0n) is 20.2. The molecule has 9 nitrogen and oxygen atoms in total. The van der Waals surface area contributed by atoms with Crippen molar-refractivity contribution in [2.75, 3.05) is 51.4 Å². The van der Waals surface area contributed by atoms with Gasteiger partial charge in [-0.05, 0) is 48.5 Å². The predicted molar refractivity (Wildman–Crippen MR) is 129 cm³/mol. The van der Waals surface area contributed by atoms with E-state index < -0.39 is 12.3 Å². The number of amides is 1. The van der Waals surface area contributed by atoms with Crippen LogP contribution in [0.4, 0.5) is 18.9 Å². The van der Waals surface area contributed by atoms with Gasteiger partial charge in [0.05, 0.1) is 18.9 Å². The quantitative estimate of drug-likeness (QED) is 0.436. The number of alkyl halides is 3. The minimum absolute atomic E-state index is 0.226. The molecule has 1 fully saturated rings. The van der Waals surface area contributed by atoms with Gasteiger partial charge in [0.1, 0.15) is 23.9 Å². The lowest BCUT2D eigenvalue weighted by atomic mass is 10.1. The summed E-state index contributed by atoms with van der Waals surface area (Å²) in [5.41, 5.74) is 2.11. The van der Waals surface area contributed by atoms with E-state index in [4.69, 9.17) is 14.2 Å². The molecular weight excluding hydrogens is 493 g/mol. The van der Waals surface area contributed by atoms with Crippen LogP contribution in [0, 0.1) is 0 Å². The van der Waals surface area contributed by atoms with Crippen LogP contribution in [0.2, 0.25) is 0 Å². The Balaban J connectivity index is 1.36. The Bertz CT molecular complexity index is 1180. The molecule has 198 valence electrons. The van der Waals surface area contributed by atoms with Gasteiger partial charge in [0, 0.05) is 44.1 Å². The Hall–Kier alpha value is -3.77. The van der Waals surface area contributed by atoms with Crippen LogP contribution in [-0.2, 0) is 16.6 Å². The number of hydrogen-bond donors (Lipinski definition) is 1. The van der Waals surface area contributed by atoms with Crippen LogP contribution in [0.5, 0.6) is 17.2 Å². The molecule has 1 saturated heterocycles. The molecule has 1 aliphatic heterocycles. The number of carbonyl (C=O) groups excluding carboxylic acids is 1. The van der Waals surface area contributed by atoms with Gasteiger partial charge in [-0.3, -0.25) is 14.4 Å². The van der Waals surface area contributed by atoms with E-state index in [2.05, 4.69) is 20.1 Å². The lowest BCUT2D eigenvalue weighted by Crippen LogP contribution is -2.38. The summed E-state index contributed by atoms with van der Waals surface area (Å²) < 4.78 is 59.2. The molecular formula is C25H27F3N4O5. The topological polar surface area (TPSA) is 87.1 Å². The Morgan fingerprint density at radius 2 is 1.78 bits per heavy atom. The number of nitrogens with one attached hydrogen (secondary N) is 1. The Morgan fingerprint density at radius 3 is 2.46 bits per heavy atom. The number of nitrogens with zero attached hydrogens (tertiary/aromatic N) is 3. The summed E-state index contributed by atoms with van der Waals surface area (Å²) in [6.45, 7) is 4.11. The Kier molecular flexibility index (Phi) is 8.51. The maximum atomic E-state index is 12.5. The highest BCUT2D eigenvalue weighted by Gasteiger charge is 2.31. The molecule has 37 heavy (non-hydrogen) atoms. The molecule has 0 aliphatic carbocycles. The molecule has 3 aromatic rings. The molecule has 4 rings (SSSR count). The van der Waals surface area contributed by atoms with Crippen LogP contribution in [0.25, 0.3) is 11.3 Å². The number of benzene rings is 2. The van der Waals surface area contributed by atoms with Gasteiger partial charge in [-0.1, -0.05) is 0 Å². The second-order valence-electron chi connectivity index (χ2n) is 8.21. The molecule has 1 N–H and O–H groups in total. The van der Waals surface area contributed by atoms with E-state index in [0.717, 1.165) is 56.2 Å². The third kappa shape index (κ3) is 7.86. The Labute approximate surface area is 211 Å². The third-order valence-corrected chi connectivity index (χ3v) is 5.56. The van der Waals surface area contributed by atoms with Crippen molar-refractivity contribution in [1.29, 1.82) is 0 Å². The fourth-order valence-electron chi connectivity index (χ4n) is 3.76. The van der Waals surface area contributed by atoms with Crippen LogP contribution in [0.3, 0.4) is 0 Å². The highest BCUT2D eigenvalue weighted by atomic mass is 19.4. The first-order chi connectivity index (χ1) is 17.8. The van der Waals surface area contributed by atoms with E-state index in [-0.39, 0.29) is 18.1 Å². The minimum Gasteiger partial charge on any atom is -0.492 e. The van der Waals surface area contributed by atoms with E-state index in [1.165, 1.54) is 12.1 Å². The monoisotopic (exact) mass is 520 g/mol. The van der Waals surface area contributed by atoms with Crippen LogP contribution in [0.15, 0.2) is 54.7 Å². The van der Waals surface area contributed by atoms with Crippen LogP contribution in [0.1, 0.15) is 0 Å². The number of aryl methyl sites for hydroxylation is 1. The lowest BCUT2D eigenvalue weighted by Gasteiger charge is -2.26. The summed E-state index contributed by atoms with van der Waals surface area (Å²) in [5, 5.41) is 6.99. The average Bonchev–Trinajstić information content (AvgIpc) is 3.29. The molecule has 0 bridgehead atoms. The number of rotatable bonds is 10. The summed E-state index contributed by atoms with van der Waals surface area (Å²) in [6, 6.07) is 12.0. The molecule has 0 atom stereocenters. The molecule has 1 amide bonds. The molecule has 1 aromatic heterocycles. The number of halogens is 3. The van der Waals surface area contributed by atoms with E-state index in [1.807, 2.05) is 13.1 Å².